The number of halogens is 1. The summed E-state index contributed by atoms with van der Waals surface area (Å²) in [6, 6.07) is 9.60. The van der Waals surface area contributed by atoms with Crippen LogP contribution in [0.25, 0.3) is 11.8 Å². The Morgan fingerprint density at radius 1 is 1.07 bits per heavy atom. The van der Waals surface area contributed by atoms with Crippen molar-refractivity contribution in [3.05, 3.63) is 59.0 Å². The Labute approximate surface area is 172 Å². The molecule has 0 saturated carbocycles. The first-order valence-electron chi connectivity index (χ1n) is 9.49. The van der Waals surface area contributed by atoms with Crippen LogP contribution in [0.1, 0.15) is 25.0 Å². The van der Waals surface area contributed by atoms with Crippen molar-refractivity contribution in [1.29, 1.82) is 0 Å². The average Bonchev–Trinajstić information content (AvgIpc) is 3.29. The van der Waals surface area contributed by atoms with Crippen molar-refractivity contribution in [2.24, 2.45) is 0 Å². The lowest BCUT2D eigenvalue weighted by molar-refractivity contribution is -0.136. The van der Waals surface area contributed by atoms with Crippen LogP contribution in [0.4, 0.5) is 9.18 Å². The molecule has 1 aromatic heterocycles. The SMILES string of the molecule is O=C(CN1C(=O)S/C(=C\c2cccn2-c2ccc(F)cc2)C1=O)N1CCCCC1. The standard InChI is InChI=1S/C21H20FN3O3S/c22-15-6-8-16(9-7-15)24-12-4-5-17(24)13-18-20(27)25(21(28)29-18)14-19(26)23-10-2-1-3-11-23/h4-9,12-13H,1-3,10-11,14H2/b18-13-. The summed E-state index contributed by atoms with van der Waals surface area (Å²) in [7, 11) is 0. The van der Waals surface area contributed by atoms with Crippen molar-refractivity contribution in [1.82, 2.24) is 14.4 Å². The molecule has 2 fully saturated rings. The summed E-state index contributed by atoms with van der Waals surface area (Å²) >= 11 is 0.829. The van der Waals surface area contributed by atoms with E-state index >= 15 is 0 Å². The van der Waals surface area contributed by atoms with Gasteiger partial charge in [-0.3, -0.25) is 19.3 Å². The fourth-order valence-electron chi connectivity index (χ4n) is 3.50. The molecule has 2 aliphatic rings. The number of piperidine rings is 1. The zero-order valence-electron chi connectivity index (χ0n) is 15.7. The van der Waals surface area contributed by atoms with Gasteiger partial charge >= 0.3 is 0 Å². The molecule has 6 nitrogen and oxygen atoms in total. The predicted molar refractivity (Wildman–Crippen MR) is 109 cm³/mol. The van der Waals surface area contributed by atoms with E-state index in [4.69, 9.17) is 0 Å². The Bertz CT molecular complexity index is 977. The zero-order chi connectivity index (χ0) is 20.4. The monoisotopic (exact) mass is 413 g/mol. The van der Waals surface area contributed by atoms with E-state index in [1.807, 2.05) is 0 Å². The van der Waals surface area contributed by atoms with Crippen molar-refractivity contribution < 1.29 is 18.8 Å². The van der Waals surface area contributed by atoms with Gasteiger partial charge in [-0.05, 0) is 73.5 Å². The topological polar surface area (TPSA) is 62.6 Å². The molecule has 0 radical (unpaired) electrons. The summed E-state index contributed by atoms with van der Waals surface area (Å²) in [6.45, 7) is 1.13. The molecule has 0 spiro atoms. The van der Waals surface area contributed by atoms with Crippen LogP contribution in [0.3, 0.4) is 0 Å². The number of imide groups is 1. The third-order valence-corrected chi connectivity index (χ3v) is 5.95. The fourth-order valence-corrected chi connectivity index (χ4v) is 4.32. The lowest BCUT2D eigenvalue weighted by atomic mass is 10.1. The minimum absolute atomic E-state index is 0.192. The minimum atomic E-state index is -0.461. The highest BCUT2D eigenvalue weighted by Crippen LogP contribution is 2.32. The quantitative estimate of drug-likeness (QED) is 0.718. The molecule has 0 bridgehead atoms. The number of amides is 3. The summed E-state index contributed by atoms with van der Waals surface area (Å²) in [5, 5.41) is -0.438. The summed E-state index contributed by atoms with van der Waals surface area (Å²) < 4.78 is 15.0. The number of hydrogen-bond acceptors (Lipinski definition) is 4. The number of carbonyl (C=O) groups is 3. The molecule has 29 heavy (non-hydrogen) atoms. The van der Waals surface area contributed by atoms with Gasteiger partial charge in [0.1, 0.15) is 12.4 Å². The first kappa shape index (κ1) is 19.4. The summed E-state index contributed by atoms with van der Waals surface area (Å²) in [5.41, 5.74) is 1.42. The molecule has 150 valence electrons. The van der Waals surface area contributed by atoms with Crippen LogP contribution in [-0.4, -0.2) is 51.1 Å². The third kappa shape index (κ3) is 4.12. The van der Waals surface area contributed by atoms with Gasteiger partial charge in [0.15, 0.2) is 0 Å². The second-order valence-corrected chi connectivity index (χ2v) is 7.98. The highest BCUT2D eigenvalue weighted by molar-refractivity contribution is 8.18. The van der Waals surface area contributed by atoms with Crippen LogP contribution < -0.4 is 0 Å². The van der Waals surface area contributed by atoms with Gasteiger partial charge in [0.2, 0.25) is 5.91 Å². The van der Waals surface area contributed by atoms with Crippen molar-refractivity contribution in [3.8, 4) is 5.69 Å². The van der Waals surface area contributed by atoms with E-state index in [2.05, 4.69) is 0 Å². The molecule has 0 atom stereocenters. The van der Waals surface area contributed by atoms with Crippen molar-refractivity contribution in [2.75, 3.05) is 19.6 Å². The van der Waals surface area contributed by atoms with E-state index < -0.39 is 11.1 Å². The highest BCUT2D eigenvalue weighted by atomic mass is 32.2. The first-order chi connectivity index (χ1) is 14.0. The number of thioether (sulfide) groups is 1. The van der Waals surface area contributed by atoms with Gasteiger partial charge in [-0.15, -0.1) is 0 Å². The molecule has 0 unspecified atom stereocenters. The van der Waals surface area contributed by atoms with E-state index in [1.54, 1.807) is 46.0 Å². The van der Waals surface area contributed by atoms with Crippen molar-refractivity contribution in [3.63, 3.8) is 0 Å². The maximum absolute atomic E-state index is 13.2. The molecular formula is C21H20FN3O3S. The van der Waals surface area contributed by atoms with E-state index in [1.165, 1.54) is 12.1 Å². The average molecular weight is 413 g/mol. The molecule has 8 heteroatoms. The second-order valence-electron chi connectivity index (χ2n) is 6.99. The van der Waals surface area contributed by atoms with E-state index in [-0.39, 0.29) is 23.2 Å². The summed E-state index contributed by atoms with van der Waals surface area (Å²) in [4.78, 5) is 40.5. The molecule has 2 aliphatic heterocycles. The normalized spacial score (nSPS) is 18.7. The van der Waals surface area contributed by atoms with Gasteiger partial charge in [0.25, 0.3) is 11.1 Å². The fraction of sp³-hybridized carbons (Fsp3) is 0.286. The molecule has 3 amide bonds. The second kappa shape index (κ2) is 8.24. The molecule has 3 heterocycles. The third-order valence-electron chi connectivity index (χ3n) is 5.04. The van der Waals surface area contributed by atoms with E-state index in [9.17, 15) is 18.8 Å². The Morgan fingerprint density at radius 2 is 1.79 bits per heavy atom. The maximum Gasteiger partial charge on any atom is 0.294 e. The van der Waals surface area contributed by atoms with Crippen molar-refractivity contribution >= 4 is 34.9 Å². The number of aromatic nitrogens is 1. The number of nitrogens with zero attached hydrogens (tertiary/aromatic N) is 3. The predicted octanol–water partition coefficient (Wildman–Crippen LogP) is 3.67. The largest absolute Gasteiger partial charge is 0.341 e. The molecule has 2 saturated heterocycles. The van der Waals surface area contributed by atoms with Gasteiger partial charge in [-0.25, -0.2) is 4.39 Å². The Hall–Kier alpha value is -2.87. The first-order valence-corrected chi connectivity index (χ1v) is 10.3. The van der Waals surface area contributed by atoms with Crippen LogP contribution in [0.5, 0.6) is 0 Å². The molecule has 0 N–H and O–H groups in total. The Balaban J connectivity index is 1.52. The van der Waals surface area contributed by atoms with Gasteiger partial charge in [0.05, 0.1) is 4.91 Å². The lowest BCUT2D eigenvalue weighted by Crippen LogP contribution is -2.44. The Morgan fingerprint density at radius 3 is 2.52 bits per heavy atom. The smallest absolute Gasteiger partial charge is 0.294 e. The van der Waals surface area contributed by atoms with Gasteiger partial charge in [-0.1, -0.05) is 0 Å². The van der Waals surface area contributed by atoms with Gasteiger partial charge in [0, 0.05) is 30.7 Å². The van der Waals surface area contributed by atoms with Crippen molar-refractivity contribution in [2.45, 2.75) is 19.3 Å². The molecular weight excluding hydrogens is 393 g/mol. The van der Waals surface area contributed by atoms with Gasteiger partial charge in [-0.2, -0.15) is 0 Å². The highest BCUT2D eigenvalue weighted by Gasteiger charge is 2.37. The van der Waals surface area contributed by atoms with Crippen LogP contribution in [0, 0.1) is 5.82 Å². The molecule has 2 aromatic rings. The number of benzene rings is 1. The van der Waals surface area contributed by atoms with Crippen LogP contribution in [0.2, 0.25) is 0 Å². The molecule has 1 aromatic carbocycles. The van der Waals surface area contributed by atoms with Gasteiger partial charge < -0.3 is 9.47 Å². The summed E-state index contributed by atoms with van der Waals surface area (Å²) in [6.07, 6.45) is 6.42. The number of carbonyl (C=O) groups excluding carboxylic acids is 3. The molecule has 0 aliphatic carbocycles. The summed E-state index contributed by atoms with van der Waals surface area (Å²) in [5.74, 6) is -0.984. The number of rotatable bonds is 4. The molecule has 4 rings (SSSR count). The Kier molecular flexibility index (Phi) is 5.53. The maximum atomic E-state index is 13.2. The van der Waals surface area contributed by atoms with Crippen LogP contribution >= 0.6 is 11.8 Å². The van der Waals surface area contributed by atoms with E-state index in [0.717, 1.165) is 41.6 Å². The lowest BCUT2D eigenvalue weighted by Gasteiger charge is -2.27. The van der Waals surface area contributed by atoms with E-state index in [0.29, 0.717) is 18.8 Å². The number of hydrogen-bond donors (Lipinski definition) is 0. The zero-order valence-corrected chi connectivity index (χ0v) is 16.5. The van der Waals surface area contributed by atoms with Crippen LogP contribution in [-0.2, 0) is 9.59 Å². The minimum Gasteiger partial charge on any atom is -0.341 e. The number of likely N-dealkylation sites (tertiary alicyclic amines) is 1. The van der Waals surface area contributed by atoms with Crippen LogP contribution in [0.15, 0.2) is 47.5 Å².